The van der Waals surface area contributed by atoms with Crippen LogP contribution in [0.15, 0.2) is 60.9 Å². The second-order valence-electron chi connectivity index (χ2n) is 8.40. The fourth-order valence-corrected chi connectivity index (χ4v) is 3.77. The number of amides is 1. The minimum Gasteiger partial charge on any atom is -0.339 e. The predicted octanol–water partition coefficient (Wildman–Crippen LogP) is 5.11. The molecule has 0 atom stereocenters. The molecule has 2 heterocycles. The highest BCUT2D eigenvalue weighted by molar-refractivity contribution is 6.05. The first-order chi connectivity index (χ1) is 13.9. The first-order valence-corrected chi connectivity index (χ1v) is 10.0. The number of nitrogens with zero attached hydrogens (tertiary/aromatic N) is 3. The molecular formula is C24H26N4O. The zero-order valence-corrected chi connectivity index (χ0v) is 17.1. The topological polar surface area (TPSA) is 58.1 Å². The molecule has 0 saturated heterocycles. The summed E-state index contributed by atoms with van der Waals surface area (Å²) in [6, 6.07) is 16.2. The van der Waals surface area contributed by atoms with E-state index in [1.165, 1.54) is 11.1 Å². The van der Waals surface area contributed by atoms with E-state index in [2.05, 4.69) is 48.2 Å². The summed E-state index contributed by atoms with van der Waals surface area (Å²) >= 11 is 0. The van der Waals surface area contributed by atoms with Crippen LogP contribution in [0.3, 0.4) is 0 Å². The zero-order valence-electron chi connectivity index (χ0n) is 17.1. The van der Waals surface area contributed by atoms with Crippen molar-refractivity contribution in [3.8, 4) is 0 Å². The van der Waals surface area contributed by atoms with Gasteiger partial charge in [0.2, 0.25) is 0 Å². The Balaban J connectivity index is 1.55. The quantitative estimate of drug-likeness (QED) is 0.679. The maximum Gasteiger partial charge on any atom is 0.278 e. The monoisotopic (exact) mass is 386 g/mol. The number of benzene rings is 2. The summed E-state index contributed by atoms with van der Waals surface area (Å²) in [5, 5.41) is 3.34. The smallest absolute Gasteiger partial charge is 0.278 e. The van der Waals surface area contributed by atoms with Crippen LogP contribution in [0.4, 0.5) is 17.2 Å². The van der Waals surface area contributed by atoms with Crippen LogP contribution in [0.5, 0.6) is 0 Å². The van der Waals surface area contributed by atoms with Crippen molar-refractivity contribution >= 4 is 23.1 Å². The molecule has 1 aliphatic rings. The molecule has 1 aliphatic heterocycles. The van der Waals surface area contributed by atoms with E-state index in [9.17, 15) is 4.79 Å². The van der Waals surface area contributed by atoms with Gasteiger partial charge in [0.1, 0.15) is 11.5 Å². The summed E-state index contributed by atoms with van der Waals surface area (Å²) in [6.45, 7) is 7.24. The second kappa shape index (κ2) is 7.66. The van der Waals surface area contributed by atoms with E-state index in [-0.39, 0.29) is 11.3 Å². The van der Waals surface area contributed by atoms with E-state index in [1.807, 2.05) is 41.3 Å². The molecule has 0 spiro atoms. The van der Waals surface area contributed by atoms with Crippen molar-refractivity contribution in [2.24, 2.45) is 0 Å². The summed E-state index contributed by atoms with van der Waals surface area (Å²) in [5.74, 6) is 0.517. The molecule has 1 N–H and O–H groups in total. The number of aromatic nitrogens is 2. The van der Waals surface area contributed by atoms with Gasteiger partial charge in [0.25, 0.3) is 5.91 Å². The van der Waals surface area contributed by atoms with Crippen molar-refractivity contribution in [2.45, 2.75) is 39.0 Å². The van der Waals surface area contributed by atoms with Gasteiger partial charge in [0, 0.05) is 17.9 Å². The number of carbonyl (C=O) groups excluding carboxylic acids is 1. The molecule has 4 rings (SSSR count). The number of fused-ring (bicyclic) bond motifs is 1. The molecule has 148 valence electrons. The van der Waals surface area contributed by atoms with Crippen LogP contribution in [0.1, 0.15) is 48.8 Å². The highest BCUT2D eigenvalue weighted by Gasteiger charge is 2.24. The predicted molar refractivity (Wildman–Crippen MR) is 117 cm³/mol. The minimum absolute atomic E-state index is 0.00851. The maximum absolute atomic E-state index is 13.0. The molecule has 3 aromatic rings. The SMILES string of the molecule is CC(C)(C)c1ccccc1Nc1cnc(C(=O)N2CCCc3ccccc32)cn1. The van der Waals surface area contributed by atoms with Crippen molar-refractivity contribution in [3.05, 3.63) is 77.7 Å². The van der Waals surface area contributed by atoms with Gasteiger partial charge in [-0.05, 0) is 41.5 Å². The number of carbonyl (C=O) groups is 1. The van der Waals surface area contributed by atoms with Crippen molar-refractivity contribution in [2.75, 3.05) is 16.8 Å². The lowest BCUT2D eigenvalue weighted by molar-refractivity contribution is 0.0980. The second-order valence-corrected chi connectivity index (χ2v) is 8.40. The molecule has 0 saturated carbocycles. The number of hydrogen-bond acceptors (Lipinski definition) is 4. The van der Waals surface area contributed by atoms with Crippen LogP contribution in [0.2, 0.25) is 0 Å². The van der Waals surface area contributed by atoms with Gasteiger partial charge >= 0.3 is 0 Å². The van der Waals surface area contributed by atoms with Gasteiger partial charge in [-0.1, -0.05) is 57.2 Å². The van der Waals surface area contributed by atoms with Crippen LogP contribution in [-0.4, -0.2) is 22.4 Å². The van der Waals surface area contributed by atoms with Crippen LogP contribution in [-0.2, 0) is 11.8 Å². The van der Waals surface area contributed by atoms with Gasteiger partial charge in [-0.25, -0.2) is 9.97 Å². The third kappa shape index (κ3) is 3.99. The van der Waals surface area contributed by atoms with E-state index in [4.69, 9.17) is 0 Å². The third-order valence-electron chi connectivity index (χ3n) is 5.22. The van der Waals surface area contributed by atoms with Crippen LogP contribution in [0, 0.1) is 0 Å². The number of para-hydroxylation sites is 2. The van der Waals surface area contributed by atoms with E-state index >= 15 is 0 Å². The van der Waals surface area contributed by atoms with Gasteiger partial charge in [0.05, 0.1) is 12.4 Å². The Kier molecular flexibility index (Phi) is 5.05. The Labute approximate surface area is 171 Å². The van der Waals surface area contributed by atoms with Gasteiger partial charge in [-0.15, -0.1) is 0 Å². The maximum atomic E-state index is 13.0. The Hall–Kier alpha value is -3.21. The molecular weight excluding hydrogens is 360 g/mol. The molecule has 0 radical (unpaired) electrons. The Bertz CT molecular complexity index is 1020. The van der Waals surface area contributed by atoms with Gasteiger partial charge in [-0.3, -0.25) is 4.79 Å². The van der Waals surface area contributed by atoms with Crippen LogP contribution < -0.4 is 10.2 Å². The summed E-state index contributed by atoms with van der Waals surface area (Å²) in [4.78, 5) is 23.7. The molecule has 0 bridgehead atoms. The Morgan fingerprint density at radius 3 is 2.52 bits per heavy atom. The zero-order chi connectivity index (χ0) is 20.4. The fourth-order valence-electron chi connectivity index (χ4n) is 3.77. The standard InChI is InChI=1S/C24H26N4O/c1-24(2,3)18-11-5-6-12-19(18)27-22-16-25-20(15-26-22)23(29)28-14-8-10-17-9-4-7-13-21(17)28/h4-7,9,11-13,15-16H,8,10,14H2,1-3H3,(H,26,27). The van der Waals surface area contributed by atoms with Gasteiger partial charge in [0.15, 0.2) is 0 Å². The number of nitrogens with one attached hydrogen (secondary N) is 1. The Morgan fingerprint density at radius 1 is 1.00 bits per heavy atom. The first-order valence-electron chi connectivity index (χ1n) is 10.0. The molecule has 2 aromatic carbocycles. The average molecular weight is 386 g/mol. The summed E-state index contributed by atoms with van der Waals surface area (Å²) in [5.41, 5.74) is 4.75. The molecule has 29 heavy (non-hydrogen) atoms. The van der Waals surface area contributed by atoms with Crippen LogP contribution in [0.25, 0.3) is 0 Å². The van der Waals surface area contributed by atoms with Crippen molar-refractivity contribution < 1.29 is 4.79 Å². The number of aryl methyl sites for hydroxylation is 1. The largest absolute Gasteiger partial charge is 0.339 e. The van der Waals surface area contributed by atoms with Crippen molar-refractivity contribution in [1.82, 2.24) is 9.97 Å². The lowest BCUT2D eigenvalue weighted by atomic mass is 9.86. The van der Waals surface area contributed by atoms with E-state index in [0.717, 1.165) is 24.2 Å². The number of rotatable bonds is 3. The van der Waals surface area contributed by atoms with Gasteiger partial charge < -0.3 is 10.2 Å². The summed E-state index contributed by atoms with van der Waals surface area (Å²) in [7, 11) is 0. The fraction of sp³-hybridized carbons (Fsp3) is 0.292. The molecule has 5 nitrogen and oxygen atoms in total. The van der Waals surface area contributed by atoms with E-state index in [1.54, 1.807) is 12.4 Å². The number of hydrogen-bond donors (Lipinski definition) is 1. The average Bonchev–Trinajstić information content (AvgIpc) is 2.73. The number of anilines is 3. The van der Waals surface area contributed by atoms with E-state index < -0.39 is 0 Å². The molecule has 5 heteroatoms. The third-order valence-corrected chi connectivity index (χ3v) is 5.22. The first kappa shape index (κ1) is 19.1. The molecule has 0 unspecified atom stereocenters. The lowest BCUT2D eigenvalue weighted by Crippen LogP contribution is -2.36. The van der Waals surface area contributed by atoms with E-state index in [0.29, 0.717) is 18.1 Å². The molecule has 1 aromatic heterocycles. The lowest BCUT2D eigenvalue weighted by Gasteiger charge is -2.29. The van der Waals surface area contributed by atoms with Crippen molar-refractivity contribution in [1.29, 1.82) is 0 Å². The molecule has 0 fully saturated rings. The highest BCUT2D eigenvalue weighted by atomic mass is 16.2. The highest BCUT2D eigenvalue weighted by Crippen LogP contribution is 2.31. The normalized spacial score (nSPS) is 13.7. The van der Waals surface area contributed by atoms with Gasteiger partial charge in [-0.2, -0.15) is 0 Å². The van der Waals surface area contributed by atoms with Crippen LogP contribution >= 0.6 is 0 Å². The Morgan fingerprint density at radius 2 is 1.76 bits per heavy atom. The molecule has 1 amide bonds. The van der Waals surface area contributed by atoms with Crippen molar-refractivity contribution in [3.63, 3.8) is 0 Å². The summed E-state index contributed by atoms with van der Waals surface area (Å²) < 4.78 is 0. The molecule has 0 aliphatic carbocycles. The summed E-state index contributed by atoms with van der Waals surface area (Å²) in [6.07, 6.45) is 5.14. The minimum atomic E-state index is -0.105.